The van der Waals surface area contributed by atoms with Crippen LogP contribution < -0.4 is 15.7 Å². The minimum atomic E-state index is -2.71. The average Bonchev–Trinajstić information content (AvgIpc) is 3.27. The van der Waals surface area contributed by atoms with Crippen LogP contribution in [-0.2, 0) is 14.0 Å². The Hall–Kier alpha value is -1.99. The number of piperidine rings is 1. The van der Waals surface area contributed by atoms with Crippen molar-refractivity contribution in [1.29, 1.82) is 0 Å². The Labute approximate surface area is 224 Å². The third-order valence-electron chi connectivity index (χ3n) is 8.59. The number of benzene rings is 2. The van der Waals surface area contributed by atoms with Crippen molar-refractivity contribution in [3.63, 3.8) is 0 Å². The maximum absolute atomic E-state index is 12.2. The summed E-state index contributed by atoms with van der Waals surface area (Å²) in [5, 5.41) is 17.9. The largest absolute Gasteiger partial charge is 0.466 e. The van der Waals surface area contributed by atoms with Crippen LogP contribution in [0, 0.1) is 5.92 Å². The van der Waals surface area contributed by atoms with Crippen molar-refractivity contribution in [3.8, 4) is 0 Å². The van der Waals surface area contributed by atoms with Crippen LogP contribution in [0.2, 0.25) is 5.04 Å². The molecule has 202 valence electrons. The van der Waals surface area contributed by atoms with Gasteiger partial charge in [-0.15, -0.1) is 0 Å². The van der Waals surface area contributed by atoms with Crippen molar-refractivity contribution in [2.45, 2.75) is 95.4 Å². The molecule has 0 amide bonds. The third-order valence-corrected chi connectivity index (χ3v) is 13.6. The van der Waals surface area contributed by atoms with Gasteiger partial charge in [-0.3, -0.25) is 4.79 Å². The molecule has 0 aromatic heterocycles. The maximum Gasteiger partial charge on any atom is 0.307 e. The Balaban J connectivity index is 1.57. The van der Waals surface area contributed by atoms with Crippen LogP contribution in [0.25, 0.3) is 0 Å². The molecule has 0 radical (unpaired) electrons. The Bertz CT molecular complexity index is 969. The Kier molecular flexibility index (Phi) is 8.95. The van der Waals surface area contributed by atoms with Gasteiger partial charge in [-0.1, -0.05) is 94.3 Å². The van der Waals surface area contributed by atoms with E-state index in [0.717, 1.165) is 38.5 Å². The van der Waals surface area contributed by atoms with Gasteiger partial charge in [0, 0.05) is 17.5 Å². The predicted molar refractivity (Wildman–Crippen MR) is 152 cm³/mol. The van der Waals surface area contributed by atoms with Crippen LogP contribution in [0.1, 0.15) is 72.6 Å². The number of esters is 1. The molecule has 2 aromatic carbocycles. The number of aliphatic hydroxyl groups excluding tert-OH is 1. The number of carbonyl (C=O) groups excluding carboxylic acids is 1. The zero-order chi connectivity index (χ0) is 26.5. The average molecular weight is 524 g/mol. The summed E-state index contributed by atoms with van der Waals surface area (Å²) in [6, 6.07) is 21.3. The Morgan fingerprint density at radius 3 is 2.14 bits per heavy atom. The molecule has 1 spiro atoms. The molecule has 4 atom stereocenters. The number of carbonyl (C=O) groups is 1. The highest BCUT2D eigenvalue weighted by atomic mass is 28.4. The van der Waals surface area contributed by atoms with Gasteiger partial charge in [0.05, 0.1) is 25.7 Å². The zero-order valence-corrected chi connectivity index (χ0v) is 24.0. The molecule has 1 saturated heterocycles. The van der Waals surface area contributed by atoms with Gasteiger partial charge in [-0.25, -0.2) is 0 Å². The molecular weight excluding hydrogens is 478 g/mol. The minimum Gasteiger partial charge on any atom is -0.466 e. The smallest absolute Gasteiger partial charge is 0.307 e. The molecule has 1 saturated carbocycles. The normalized spacial score (nSPS) is 25.2. The summed E-state index contributed by atoms with van der Waals surface area (Å²) in [7, 11) is -2.71. The number of nitrogens with one attached hydrogen (secondary N) is 1. The van der Waals surface area contributed by atoms with E-state index < -0.39 is 14.4 Å². The van der Waals surface area contributed by atoms with Crippen molar-refractivity contribution in [2.24, 2.45) is 5.92 Å². The quantitative estimate of drug-likeness (QED) is 0.373. The van der Waals surface area contributed by atoms with Gasteiger partial charge in [0.1, 0.15) is 0 Å². The number of rotatable bonds is 9. The van der Waals surface area contributed by atoms with E-state index in [9.17, 15) is 9.90 Å². The van der Waals surface area contributed by atoms with Crippen molar-refractivity contribution < 1.29 is 19.1 Å². The lowest BCUT2D eigenvalue weighted by Gasteiger charge is -2.47. The lowest BCUT2D eigenvalue weighted by Crippen LogP contribution is -2.67. The van der Waals surface area contributed by atoms with E-state index in [2.05, 4.69) is 86.8 Å². The summed E-state index contributed by atoms with van der Waals surface area (Å²) < 4.78 is 12.3. The van der Waals surface area contributed by atoms with Crippen LogP contribution in [0.5, 0.6) is 0 Å². The first-order valence-electron chi connectivity index (χ1n) is 14.1. The fourth-order valence-electron chi connectivity index (χ4n) is 7.03. The summed E-state index contributed by atoms with van der Waals surface area (Å²) in [5.74, 6) is -0.0297. The summed E-state index contributed by atoms with van der Waals surface area (Å²) in [6.07, 6.45) is 6.00. The summed E-state index contributed by atoms with van der Waals surface area (Å²) in [4.78, 5) is 12.2. The molecule has 6 heteroatoms. The van der Waals surface area contributed by atoms with Crippen molar-refractivity contribution in [2.75, 3.05) is 13.2 Å². The summed E-state index contributed by atoms with van der Waals surface area (Å²) >= 11 is 0. The van der Waals surface area contributed by atoms with E-state index in [-0.39, 0.29) is 28.5 Å². The highest BCUT2D eigenvalue weighted by Gasteiger charge is 2.52. The van der Waals surface area contributed by atoms with E-state index in [1.165, 1.54) is 10.4 Å². The second-order valence-electron chi connectivity index (χ2n) is 11.9. The topological polar surface area (TPSA) is 67.8 Å². The molecule has 2 fully saturated rings. The van der Waals surface area contributed by atoms with E-state index in [1.807, 2.05) is 6.92 Å². The van der Waals surface area contributed by atoms with E-state index in [1.54, 1.807) is 0 Å². The summed E-state index contributed by atoms with van der Waals surface area (Å²) in [6.45, 7) is 9.38. The van der Waals surface area contributed by atoms with Gasteiger partial charge < -0.3 is 19.6 Å². The number of aliphatic hydroxyl groups is 1. The standard InChI is InChI=1S/C31H45NO4Si/c1-5-35-29(34)22-24-14-12-20-31(32-24)21-13-19-27(31)28(33)23-36-37(30(2,3)4,25-15-8-6-9-16-25)26-17-10-7-11-18-26/h6-11,15-18,24,27-28,32-33H,5,12-14,19-23H2,1-4H3/t24-,27-,28-,31-/m1/s1. The molecular formula is C31H45NO4Si. The molecule has 1 aliphatic carbocycles. The summed E-state index contributed by atoms with van der Waals surface area (Å²) in [5.41, 5.74) is -0.135. The van der Waals surface area contributed by atoms with Crippen molar-refractivity contribution >= 4 is 24.7 Å². The van der Waals surface area contributed by atoms with Gasteiger partial charge >= 0.3 is 5.97 Å². The van der Waals surface area contributed by atoms with E-state index in [0.29, 0.717) is 19.6 Å². The minimum absolute atomic E-state index is 0.107. The molecule has 0 bridgehead atoms. The second kappa shape index (κ2) is 11.8. The van der Waals surface area contributed by atoms with Gasteiger partial charge in [0.15, 0.2) is 0 Å². The first kappa shape index (κ1) is 28.0. The van der Waals surface area contributed by atoms with E-state index in [4.69, 9.17) is 9.16 Å². The Morgan fingerprint density at radius 1 is 1.03 bits per heavy atom. The van der Waals surface area contributed by atoms with Crippen LogP contribution in [0.15, 0.2) is 60.7 Å². The molecule has 2 aromatic rings. The van der Waals surface area contributed by atoms with Gasteiger partial charge in [0.25, 0.3) is 8.32 Å². The van der Waals surface area contributed by atoms with Gasteiger partial charge in [-0.05, 0) is 48.0 Å². The molecule has 2 N–H and O–H groups in total. The molecule has 1 aliphatic heterocycles. The lowest BCUT2D eigenvalue weighted by molar-refractivity contribution is -0.144. The lowest BCUT2D eigenvalue weighted by atomic mass is 9.75. The van der Waals surface area contributed by atoms with Crippen LogP contribution in [0.4, 0.5) is 0 Å². The van der Waals surface area contributed by atoms with Crippen molar-refractivity contribution in [1.82, 2.24) is 5.32 Å². The van der Waals surface area contributed by atoms with Crippen LogP contribution in [0.3, 0.4) is 0 Å². The first-order valence-corrected chi connectivity index (χ1v) is 16.0. The maximum atomic E-state index is 12.2. The van der Waals surface area contributed by atoms with Crippen LogP contribution in [-0.4, -0.2) is 50.3 Å². The fraction of sp³-hybridized carbons (Fsp3) is 0.581. The SMILES string of the molecule is CCOC(=O)C[C@H]1CCC[C@]2(CCC[C@@H]2[C@H](O)CO[Si](c2ccccc2)(c2ccccc2)C(C)(C)C)N1. The van der Waals surface area contributed by atoms with Gasteiger partial charge in [-0.2, -0.15) is 0 Å². The molecule has 1 heterocycles. The van der Waals surface area contributed by atoms with Gasteiger partial charge in [0.2, 0.25) is 0 Å². The number of hydrogen-bond acceptors (Lipinski definition) is 5. The van der Waals surface area contributed by atoms with E-state index >= 15 is 0 Å². The fourth-order valence-corrected chi connectivity index (χ4v) is 11.6. The molecule has 0 unspecified atom stereocenters. The molecule has 5 nitrogen and oxygen atoms in total. The Morgan fingerprint density at radius 2 is 1.59 bits per heavy atom. The number of hydrogen-bond donors (Lipinski definition) is 2. The highest BCUT2D eigenvalue weighted by molar-refractivity contribution is 6.99. The van der Waals surface area contributed by atoms with Crippen molar-refractivity contribution in [3.05, 3.63) is 60.7 Å². The predicted octanol–water partition coefficient (Wildman–Crippen LogP) is 4.56. The first-order chi connectivity index (χ1) is 17.7. The number of ether oxygens (including phenoxy) is 1. The molecule has 2 aliphatic rings. The molecule has 4 rings (SSSR count). The highest BCUT2D eigenvalue weighted by Crippen LogP contribution is 2.45. The second-order valence-corrected chi connectivity index (χ2v) is 16.2. The molecule has 37 heavy (non-hydrogen) atoms. The monoisotopic (exact) mass is 523 g/mol. The zero-order valence-electron chi connectivity index (χ0n) is 23.0. The van der Waals surface area contributed by atoms with Crippen LogP contribution >= 0.6 is 0 Å². The third kappa shape index (κ3) is 5.87.